The van der Waals surface area contributed by atoms with Gasteiger partial charge < -0.3 is 10.4 Å². The highest BCUT2D eigenvalue weighted by Gasteiger charge is 2.20. The lowest BCUT2D eigenvalue weighted by Gasteiger charge is -2.06. The van der Waals surface area contributed by atoms with Crippen molar-refractivity contribution in [3.8, 4) is 11.8 Å². The highest BCUT2D eigenvalue weighted by Crippen LogP contribution is 2.33. The zero-order valence-corrected chi connectivity index (χ0v) is 12.7. The topological polar surface area (TPSA) is 49.3 Å². The first-order chi connectivity index (χ1) is 10.2. The number of carbonyl (C=O) groups excluding carboxylic acids is 1. The molecular formula is C17H20ClNO2. The molecule has 112 valence electrons. The third kappa shape index (κ3) is 5.41. The number of hydrogen-bond donors (Lipinski definition) is 2. The van der Waals surface area contributed by atoms with Gasteiger partial charge in [0.1, 0.15) is 0 Å². The van der Waals surface area contributed by atoms with Crippen LogP contribution in [0.15, 0.2) is 18.2 Å². The number of nitrogens with one attached hydrogen (secondary N) is 1. The average molecular weight is 306 g/mol. The molecule has 1 aromatic rings. The van der Waals surface area contributed by atoms with E-state index >= 15 is 0 Å². The van der Waals surface area contributed by atoms with Crippen LogP contribution in [0.5, 0.6) is 0 Å². The van der Waals surface area contributed by atoms with Gasteiger partial charge in [-0.05, 0) is 37.0 Å². The molecule has 0 aromatic heterocycles. The largest absolute Gasteiger partial charge is 0.395 e. The Kier molecular flexibility index (Phi) is 6.10. The molecule has 3 nitrogen and oxygen atoms in total. The number of hydrogen-bond acceptors (Lipinski definition) is 2. The van der Waals surface area contributed by atoms with Gasteiger partial charge in [-0.25, -0.2) is 0 Å². The fraction of sp³-hybridized carbons (Fsp3) is 0.471. The molecule has 1 aliphatic carbocycles. The Morgan fingerprint density at radius 1 is 1.43 bits per heavy atom. The van der Waals surface area contributed by atoms with Gasteiger partial charge in [-0.15, -0.1) is 0 Å². The fourth-order valence-electron chi connectivity index (χ4n) is 2.07. The molecule has 4 heteroatoms. The summed E-state index contributed by atoms with van der Waals surface area (Å²) in [6.07, 6.45) is 5.36. The SMILES string of the molecule is O=C(NCCCC1CC1)c1ccc(C#CCCO)c(Cl)c1. The van der Waals surface area contributed by atoms with Crippen molar-refractivity contribution in [2.75, 3.05) is 13.2 Å². The third-order valence-corrected chi connectivity index (χ3v) is 3.78. The van der Waals surface area contributed by atoms with Gasteiger partial charge in [0.05, 0.1) is 11.6 Å². The molecule has 21 heavy (non-hydrogen) atoms. The number of carbonyl (C=O) groups is 1. The Balaban J connectivity index is 1.85. The molecule has 0 saturated heterocycles. The minimum atomic E-state index is -0.0948. The number of benzene rings is 1. The van der Waals surface area contributed by atoms with Crippen LogP contribution >= 0.6 is 11.6 Å². The van der Waals surface area contributed by atoms with E-state index in [1.807, 2.05) is 0 Å². The van der Waals surface area contributed by atoms with Crippen LogP contribution in [-0.4, -0.2) is 24.2 Å². The number of rotatable bonds is 6. The van der Waals surface area contributed by atoms with Gasteiger partial charge in [-0.1, -0.05) is 36.3 Å². The van der Waals surface area contributed by atoms with Crippen LogP contribution in [0.4, 0.5) is 0 Å². The lowest BCUT2D eigenvalue weighted by atomic mass is 10.1. The molecule has 1 fully saturated rings. The molecule has 2 N–H and O–H groups in total. The standard InChI is InChI=1S/C17H20ClNO2/c18-16-12-15(9-8-14(16)5-1-2-11-20)17(21)19-10-3-4-13-6-7-13/h8-9,12-13,20H,2-4,6-7,10-11H2,(H,19,21). The van der Waals surface area contributed by atoms with Crippen molar-refractivity contribution in [3.05, 3.63) is 34.3 Å². The molecule has 1 aliphatic rings. The summed E-state index contributed by atoms with van der Waals surface area (Å²) in [4.78, 5) is 12.0. The van der Waals surface area contributed by atoms with E-state index in [0.29, 0.717) is 29.1 Å². The highest BCUT2D eigenvalue weighted by atomic mass is 35.5. The molecular weight excluding hydrogens is 286 g/mol. The second kappa shape index (κ2) is 8.07. The number of aliphatic hydroxyl groups excluding tert-OH is 1. The van der Waals surface area contributed by atoms with E-state index in [1.54, 1.807) is 18.2 Å². The van der Waals surface area contributed by atoms with Crippen LogP contribution in [0.25, 0.3) is 0 Å². The van der Waals surface area contributed by atoms with Gasteiger partial charge >= 0.3 is 0 Å². The van der Waals surface area contributed by atoms with Crippen LogP contribution in [0.2, 0.25) is 5.02 Å². The maximum Gasteiger partial charge on any atom is 0.251 e. The molecule has 1 amide bonds. The van der Waals surface area contributed by atoms with Crippen molar-refractivity contribution in [2.45, 2.75) is 32.1 Å². The summed E-state index contributed by atoms with van der Waals surface area (Å²) in [5.74, 6) is 6.49. The quantitative estimate of drug-likeness (QED) is 0.627. The Bertz CT molecular complexity index is 556. The summed E-state index contributed by atoms with van der Waals surface area (Å²) < 4.78 is 0. The average Bonchev–Trinajstić information content (AvgIpc) is 3.29. The van der Waals surface area contributed by atoms with Crippen LogP contribution in [-0.2, 0) is 0 Å². The van der Waals surface area contributed by atoms with Crippen LogP contribution in [0.1, 0.15) is 48.0 Å². The van der Waals surface area contributed by atoms with Crippen molar-refractivity contribution >= 4 is 17.5 Å². The predicted octanol–water partition coefficient (Wildman–Crippen LogP) is 2.99. The normalized spacial score (nSPS) is 13.4. The lowest BCUT2D eigenvalue weighted by molar-refractivity contribution is 0.0953. The highest BCUT2D eigenvalue weighted by molar-refractivity contribution is 6.32. The maximum atomic E-state index is 12.0. The van der Waals surface area contributed by atoms with Gasteiger partial charge in [0.25, 0.3) is 5.91 Å². The Labute approximate surface area is 130 Å². The molecule has 1 saturated carbocycles. The van der Waals surface area contributed by atoms with Crippen molar-refractivity contribution in [3.63, 3.8) is 0 Å². The Morgan fingerprint density at radius 2 is 2.24 bits per heavy atom. The van der Waals surface area contributed by atoms with E-state index < -0.39 is 0 Å². The van der Waals surface area contributed by atoms with E-state index in [1.165, 1.54) is 19.3 Å². The molecule has 0 bridgehead atoms. The van der Waals surface area contributed by atoms with E-state index in [9.17, 15) is 4.79 Å². The van der Waals surface area contributed by atoms with Gasteiger partial charge in [0.15, 0.2) is 0 Å². The molecule has 1 aromatic carbocycles. The minimum absolute atomic E-state index is 0.0337. The van der Waals surface area contributed by atoms with E-state index in [0.717, 1.165) is 12.3 Å². The summed E-state index contributed by atoms with van der Waals surface area (Å²) in [6.45, 7) is 0.747. The minimum Gasteiger partial charge on any atom is -0.395 e. The summed E-state index contributed by atoms with van der Waals surface area (Å²) in [5, 5.41) is 12.1. The summed E-state index contributed by atoms with van der Waals surface area (Å²) in [5.41, 5.74) is 1.23. The van der Waals surface area contributed by atoms with Crippen LogP contribution in [0, 0.1) is 17.8 Å². The number of halogens is 1. The molecule has 2 rings (SSSR count). The van der Waals surface area contributed by atoms with E-state index in [4.69, 9.17) is 16.7 Å². The molecule has 0 aliphatic heterocycles. The zero-order valence-electron chi connectivity index (χ0n) is 12.0. The van der Waals surface area contributed by atoms with Crippen molar-refractivity contribution in [2.24, 2.45) is 5.92 Å². The Morgan fingerprint density at radius 3 is 2.90 bits per heavy atom. The first-order valence-corrected chi connectivity index (χ1v) is 7.76. The zero-order chi connectivity index (χ0) is 15.1. The van der Waals surface area contributed by atoms with Crippen molar-refractivity contribution in [1.29, 1.82) is 0 Å². The van der Waals surface area contributed by atoms with Gasteiger partial charge in [0.2, 0.25) is 0 Å². The van der Waals surface area contributed by atoms with Crippen molar-refractivity contribution in [1.82, 2.24) is 5.32 Å². The van der Waals surface area contributed by atoms with Crippen LogP contribution in [0.3, 0.4) is 0 Å². The van der Waals surface area contributed by atoms with Gasteiger partial charge in [-0.3, -0.25) is 4.79 Å². The Hall–Kier alpha value is -1.50. The number of amides is 1. The lowest BCUT2D eigenvalue weighted by Crippen LogP contribution is -2.24. The van der Waals surface area contributed by atoms with E-state index in [2.05, 4.69) is 17.2 Å². The molecule has 0 atom stereocenters. The molecule has 0 unspecified atom stereocenters. The fourth-order valence-corrected chi connectivity index (χ4v) is 2.30. The molecule has 0 radical (unpaired) electrons. The second-order valence-corrected chi connectivity index (χ2v) is 5.72. The van der Waals surface area contributed by atoms with Gasteiger partial charge in [-0.2, -0.15) is 0 Å². The summed E-state index contributed by atoms with van der Waals surface area (Å²) in [6, 6.07) is 5.11. The predicted molar refractivity (Wildman–Crippen MR) is 84.3 cm³/mol. The maximum absolute atomic E-state index is 12.0. The van der Waals surface area contributed by atoms with E-state index in [-0.39, 0.29) is 12.5 Å². The van der Waals surface area contributed by atoms with Crippen molar-refractivity contribution < 1.29 is 9.90 Å². The first-order valence-electron chi connectivity index (χ1n) is 7.38. The second-order valence-electron chi connectivity index (χ2n) is 5.31. The number of aliphatic hydroxyl groups is 1. The van der Waals surface area contributed by atoms with Crippen LogP contribution < -0.4 is 5.32 Å². The monoisotopic (exact) mass is 305 g/mol. The van der Waals surface area contributed by atoms with Gasteiger partial charge in [0, 0.05) is 24.1 Å². The third-order valence-electron chi connectivity index (χ3n) is 3.46. The molecule has 0 spiro atoms. The molecule has 0 heterocycles. The first kappa shape index (κ1) is 15.9. The summed E-state index contributed by atoms with van der Waals surface area (Å²) in [7, 11) is 0. The summed E-state index contributed by atoms with van der Waals surface area (Å²) >= 11 is 6.12. The smallest absolute Gasteiger partial charge is 0.251 e.